The molecule has 0 aliphatic carbocycles. The molecule has 0 saturated carbocycles. The fourth-order valence-electron chi connectivity index (χ4n) is 3.82. The van der Waals surface area contributed by atoms with Gasteiger partial charge in [-0.3, -0.25) is 4.90 Å². The van der Waals surface area contributed by atoms with Gasteiger partial charge in [0.15, 0.2) is 5.79 Å². The van der Waals surface area contributed by atoms with Crippen molar-refractivity contribution in [2.45, 2.75) is 18.6 Å². The van der Waals surface area contributed by atoms with Gasteiger partial charge in [0.05, 0.1) is 13.2 Å². The van der Waals surface area contributed by atoms with E-state index in [-0.39, 0.29) is 17.6 Å². The summed E-state index contributed by atoms with van der Waals surface area (Å²) in [5, 5.41) is 0. The predicted octanol–water partition coefficient (Wildman–Crippen LogP) is 1.91. The number of amides is 2. The summed E-state index contributed by atoms with van der Waals surface area (Å²) in [6, 6.07) is 6.09. The number of hydrogen-bond donors (Lipinski definition) is 0. The zero-order valence-electron chi connectivity index (χ0n) is 14.3. The van der Waals surface area contributed by atoms with Gasteiger partial charge in [0.25, 0.3) is 0 Å². The smallest absolute Gasteiger partial charge is 0.324 e. The number of ether oxygens (including phenoxy) is 2. The molecule has 3 heterocycles. The largest absolute Gasteiger partial charge is 0.347 e. The van der Waals surface area contributed by atoms with Crippen LogP contribution in [0.25, 0.3) is 0 Å². The van der Waals surface area contributed by atoms with Crippen LogP contribution in [0.4, 0.5) is 14.9 Å². The van der Waals surface area contributed by atoms with Crippen LogP contribution in [0.1, 0.15) is 12.8 Å². The van der Waals surface area contributed by atoms with Gasteiger partial charge in [-0.1, -0.05) is 0 Å². The van der Waals surface area contributed by atoms with Crippen LogP contribution >= 0.6 is 0 Å². The van der Waals surface area contributed by atoms with Gasteiger partial charge in [0, 0.05) is 57.8 Å². The Morgan fingerprint density at radius 1 is 0.960 bits per heavy atom. The normalized spacial score (nSPS) is 23.8. The van der Waals surface area contributed by atoms with E-state index in [1.165, 1.54) is 12.1 Å². The Morgan fingerprint density at radius 3 is 2.32 bits per heavy atom. The number of nitrogens with zero attached hydrogens (tertiary/aromatic N) is 3. The van der Waals surface area contributed by atoms with Gasteiger partial charge in [-0.25, -0.2) is 9.18 Å². The van der Waals surface area contributed by atoms with E-state index in [2.05, 4.69) is 4.90 Å². The number of halogens is 1. The third-order valence-electron chi connectivity index (χ3n) is 5.35. The van der Waals surface area contributed by atoms with Gasteiger partial charge in [-0.2, -0.15) is 0 Å². The minimum Gasteiger partial charge on any atom is -0.347 e. The van der Waals surface area contributed by atoms with E-state index in [1.54, 1.807) is 17.0 Å². The van der Waals surface area contributed by atoms with Crippen LogP contribution in [-0.4, -0.2) is 74.1 Å². The highest BCUT2D eigenvalue weighted by atomic mass is 19.1. The molecule has 136 valence electrons. The standard InChI is InChI=1S/C18H24FN3O3/c19-15-1-3-16(4-2-15)22-12-11-21(17(22)23)10-9-20-7-5-18(6-8-20)24-13-14-25-18/h1-4H,5-14H2. The van der Waals surface area contributed by atoms with E-state index in [4.69, 9.17) is 9.47 Å². The number of carbonyl (C=O) groups is 1. The number of likely N-dealkylation sites (tertiary alicyclic amines) is 1. The number of anilines is 1. The Labute approximate surface area is 147 Å². The van der Waals surface area contributed by atoms with Crippen LogP contribution in [0.2, 0.25) is 0 Å². The molecule has 1 aromatic rings. The molecule has 6 nitrogen and oxygen atoms in total. The van der Waals surface area contributed by atoms with E-state index < -0.39 is 0 Å². The first kappa shape index (κ1) is 16.8. The van der Waals surface area contributed by atoms with Crippen molar-refractivity contribution in [3.05, 3.63) is 30.1 Å². The number of hydrogen-bond acceptors (Lipinski definition) is 4. The van der Waals surface area contributed by atoms with Gasteiger partial charge in [0.2, 0.25) is 0 Å². The van der Waals surface area contributed by atoms with Crippen molar-refractivity contribution < 1.29 is 18.7 Å². The van der Waals surface area contributed by atoms with Gasteiger partial charge >= 0.3 is 6.03 Å². The lowest BCUT2D eigenvalue weighted by atomic mass is 10.0. The molecule has 1 spiro atoms. The molecule has 3 aliphatic heterocycles. The van der Waals surface area contributed by atoms with Crippen molar-refractivity contribution in [1.82, 2.24) is 9.80 Å². The third-order valence-corrected chi connectivity index (χ3v) is 5.35. The molecule has 3 aliphatic rings. The first-order chi connectivity index (χ1) is 12.2. The molecule has 0 N–H and O–H groups in total. The fourth-order valence-corrected chi connectivity index (χ4v) is 3.82. The van der Waals surface area contributed by atoms with Crippen LogP contribution < -0.4 is 4.90 Å². The summed E-state index contributed by atoms with van der Waals surface area (Å²) in [4.78, 5) is 18.5. The third kappa shape index (κ3) is 3.49. The van der Waals surface area contributed by atoms with E-state index >= 15 is 0 Å². The first-order valence-electron chi connectivity index (χ1n) is 8.98. The first-order valence-corrected chi connectivity index (χ1v) is 8.98. The summed E-state index contributed by atoms with van der Waals surface area (Å²) >= 11 is 0. The summed E-state index contributed by atoms with van der Waals surface area (Å²) < 4.78 is 24.5. The monoisotopic (exact) mass is 349 g/mol. The summed E-state index contributed by atoms with van der Waals surface area (Å²) in [5.74, 6) is -0.635. The number of piperidine rings is 1. The molecule has 3 fully saturated rings. The topological polar surface area (TPSA) is 45.3 Å². The molecule has 4 rings (SSSR count). The molecular formula is C18H24FN3O3. The van der Waals surface area contributed by atoms with E-state index in [9.17, 15) is 9.18 Å². The number of benzene rings is 1. The van der Waals surface area contributed by atoms with Crippen molar-refractivity contribution in [3.63, 3.8) is 0 Å². The van der Waals surface area contributed by atoms with Crippen LogP contribution in [-0.2, 0) is 9.47 Å². The molecule has 0 unspecified atom stereocenters. The average Bonchev–Trinajstić information content (AvgIpc) is 3.23. The van der Waals surface area contributed by atoms with Gasteiger partial charge in [-0.05, 0) is 24.3 Å². The fraction of sp³-hybridized carbons (Fsp3) is 0.611. The van der Waals surface area contributed by atoms with E-state index in [1.807, 2.05) is 4.90 Å². The highest BCUT2D eigenvalue weighted by Crippen LogP contribution is 2.31. The Bertz CT molecular complexity index is 608. The van der Waals surface area contributed by atoms with E-state index in [0.717, 1.165) is 38.2 Å². The van der Waals surface area contributed by atoms with Crippen molar-refractivity contribution in [2.24, 2.45) is 0 Å². The lowest BCUT2D eigenvalue weighted by molar-refractivity contribution is -0.185. The summed E-state index contributed by atoms with van der Waals surface area (Å²) in [5.41, 5.74) is 0.754. The van der Waals surface area contributed by atoms with Crippen molar-refractivity contribution >= 4 is 11.7 Å². The van der Waals surface area contributed by atoms with Crippen molar-refractivity contribution in [1.29, 1.82) is 0 Å². The number of urea groups is 1. The molecule has 2 amide bonds. The Morgan fingerprint density at radius 2 is 1.64 bits per heavy atom. The Kier molecular flexibility index (Phi) is 4.62. The molecule has 0 aromatic heterocycles. The minimum absolute atomic E-state index is 0.00236. The lowest BCUT2D eigenvalue weighted by Gasteiger charge is -2.38. The molecule has 25 heavy (non-hydrogen) atoms. The predicted molar refractivity (Wildman–Crippen MR) is 91.0 cm³/mol. The summed E-state index contributed by atoms with van der Waals surface area (Å²) in [7, 11) is 0. The second-order valence-electron chi connectivity index (χ2n) is 6.85. The second kappa shape index (κ2) is 6.90. The summed E-state index contributed by atoms with van der Waals surface area (Å²) in [6.45, 7) is 6.19. The maximum atomic E-state index is 13.0. The SMILES string of the molecule is O=C1N(CCN2CCC3(CC2)OCCO3)CCN1c1ccc(F)cc1. The molecule has 0 radical (unpaired) electrons. The second-order valence-corrected chi connectivity index (χ2v) is 6.85. The van der Waals surface area contributed by atoms with Crippen LogP contribution in [0.15, 0.2) is 24.3 Å². The van der Waals surface area contributed by atoms with E-state index in [0.29, 0.717) is 32.8 Å². The maximum absolute atomic E-state index is 13.0. The molecule has 7 heteroatoms. The van der Waals surface area contributed by atoms with Crippen molar-refractivity contribution in [2.75, 3.05) is 57.4 Å². The molecule has 3 saturated heterocycles. The highest BCUT2D eigenvalue weighted by molar-refractivity contribution is 5.94. The van der Waals surface area contributed by atoms with Crippen LogP contribution in [0.5, 0.6) is 0 Å². The van der Waals surface area contributed by atoms with Crippen LogP contribution in [0.3, 0.4) is 0 Å². The highest BCUT2D eigenvalue weighted by Gasteiger charge is 2.40. The zero-order chi connectivity index (χ0) is 17.3. The average molecular weight is 349 g/mol. The molecular weight excluding hydrogens is 325 g/mol. The summed E-state index contributed by atoms with van der Waals surface area (Å²) in [6.07, 6.45) is 1.78. The minimum atomic E-state index is -0.348. The van der Waals surface area contributed by atoms with Gasteiger partial charge in [-0.15, -0.1) is 0 Å². The van der Waals surface area contributed by atoms with Crippen molar-refractivity contribution in [3.8, 4) is 0 Å². The maximum Gasteiger partial charge on any atom is 0.324 e. The van der Waals surface area contributed by atoms with Gasteiger partial charge in [0.1, 0.15) is 5.82 Å². The number of rotatable bonds is 4. The lowest BCUT2D eigenvalue weighted by Crippen LogP contribution is -2.47. The molecule has 0 atom stereocenters. The quantitative estimate of drug-likeness (QED) is 0.833. The van der Waals surface area contributed by atoms with Gasteiger partial charge < -0.3 is 19.3 Å². The molecule has 1 aromatic carbocycles. The Balaban J connectivity index is 1.26. The molecule has 0 bridgehead atoms. The zero-order valence-corrected chi connectivity index (χ0v) is 14.3. The number of carbonyl (C=O) groups excluding carboxylic acids is 1. The van der Waals surface area contributed by atoms with Crippen LogP contribution in [0, 0.1) is 5.82 Å². The Hall–Kier alpha value is -1.70.